The third kappa shape index (κ3) is 64.5. The highest BCUT2D eigenvalue weighted by Crippen LogP contribution is 2.38. The van der Waals surface area contributed by atoms with E-state index in [0.717, 1.165) is 148 Å². The van der Waals surface area contributed by atoms with E-state index in [0.29, 0.717) is 23.9 Å². The molecule has 0 aromatic carbocycles. The maximum atomic E-state index is 12.8. The van der Waals surface area contributed by atoms with Gasteiger partial charge in [-0.1, -0.05) is 248 Å². The van der Waals surface area contributed by atoms with Crippen LogP contribution in [0.4, 0.5) is 0 Å². The number of likely N-dealkylation sites (N-methyl/N-ethyl adjacent to an activating group) is 1. The van der Waals surface area contributed by atoms with Gasteiger partial charge in [0, 0.05) is 12.8 Å². The molecule has 0 heterocycles. The lowest BCUT2D eigenvalue weighted by Gasteiger charge is -2.28. The number of phosphoric ester groups is 1. The summed E-state index contributed by atoms with van der Waals surface area (Å²) in [4.78, 5) is 38.0. The number of unbranched alkanes of at least 4 members (excludes halogenated alkanes) is 14. The van der Waals surface area contributed by atoms with Crippen LogP contribution in [-0.4, -0.2) is 70.0 Å². The van der Waals surface area contributed by atoms with Gasteiger partial charge in [-0.05, 0) is 128 Å². The number of ether oxygens (including phenoxy) is 2. The van der Waals surface area contributed by atoms with Crippen LogP contribution in [0, 0.1) is 0 Å². The van der Waals surface area contributed by atoms with Crippen molar-refractivity contribution in [1.29, 1.82) is 0 Å². The van der Waals surface area contributed by atoms with E-state index in [1.54, 1.807) is 0 Å². The van der Waals surface area contributed by atoms with Crippen molar-refractivity contribution in [2.75, 3.05) is 47.5 Å². The van der Waals surface area contributed by atoms with Crippen LogP contribution in [0.2, 0.25) is 0 Å². The lowest BCUT2D eigenvalue weighted by atomic mass is 10.1. The Morgan fingerprint density at radius 1 is 0.378 bits per heavy atom. The van der Waals surface area contributed by atoms with Crippen molar-refractivity contribution in [2.45, 2.75) is 225 Å². The lowest BCUT2D eigenvalue weighted by Crippen LogP contribution is -2.37. The molecule has 9 nitrogen and oxygen atoms in total. The molecule has 2 atom stereocenters. The first kappa shape index (κ1) is 77.4. The van der Waals surface area contributed by atoms with Gasteiger partial charge in [0.25, 0.3) is 7.82 Å². The first-order chi connectivity index (χ1) is 40.0. The molecule has 0 spiro atoms. The number of nitrogens with zero attached hydrogens (tertiary/aromatic N) is 1. The smallest absolute Gasteiger partial charge is 0.306 e. The van der Waals surface area contributed by atoms with E-state index in [1.807, 2.05) is 21.1 Å². The van der Waals surface area contributed by atoms with Crippen molar-refractivity contribution in [3.8, 4) is 0 Å². The van der Waals surface area contributed by atoms with Crippen molar-refractivity contribution in [3.05, 3.63) is 170 Å². The number of quaternary nitrogens is 1. The molecule has 0 aliphatic carbocycles. The summed E-state index contributed by atoms with van der Waals surface area (Å²) in [5.41, 5.74) is 0. The van der Waals surface area contributed by atoms with E-state index < -0.39 is 32.5 Å². The Balaban J connectivity index is 4.24. The lowest BCUT2D eigenvalue weighted by molar-refractivity contribution is -0.870. The molecule has 82 heavy (non-hydrogen) atoms. The average Bonchev–Trinajstić information content (AvgIpc) is 3.46. The van der Waals surface area contributed by atoms with Gasteiger partial charge in [0.2, 0.25) is 0 Å². The molecule has 0 radical (unpaired) electrons. The number of phosphoric acid groups is 1. The number of rotatable bonds is 56. The Morgan fingerprint density at radius 2 is 0.659 bits per heavy atom. The molecule has 2 unspecified atom stereocenters. The fourth-order valence-electron chi connectivity index (χ4n) is 7.91. The fourth-order valence-corrected chi connectivity index (χ4v) is 8.64. The van der Waals surface area contributed by atoms with Crippen LogP contribution in [0.25, 0.3) is 0 Å². The van der Waals surface area contributed by atoms with Crippen molar-refractivity contribution in [3.63, 3.8) is 0 Å². The first-order valence-corrected chi connectivity index (χ1v) is 33.3. The van der Waals surface area contributed by atoms with Crippen molar-refractivity contribution in [1.82, 2.24) is 0 Å². The fraction of sp³-hybridized carbons (Fsp3) is 0.583. The van der Waals surface area contributed by atoms with Gasteiger partial charge in [0.15, 0.2) is 6.10 Å². The van der Waals surface area contributed by atoms with Crippen molar-refractivity contribution >= 4 is 19.8 Å². The zero-order valence-corrected chi connectivity index (χ0v) is 53.3. The molecule has 10 heteroatoms. The summed E-state index contributed by atoms with van der Waals surface area (Å²) in [5.74, 6) is -0.876. The SMILES string of the molecule is CC/C=C\C/C=C\C/C=C\C/C=C\C/C=C\C/C=C\C/C=C\C/C=C\C/C=C\CCCCCCCC(=O)OC(COC(=O)CCCCCCCCCCC/C=C\C/C=C\C/C=C\C/C=C\C/C=C\CC)COP(=O)([O-])OCC[N+](C)(C)C. The summed E-state index contributed by atoms with van der Waals surface area (Å²) < 4.78 is 34.2. The van der Waals surface area contributed by atoms with Gasteiger partial charge in [-0.3, -0.25) is 14.2 Å². The zero-order valence-electron chi connectivity index (χ0n) is 52.4. The highest BCUT2D eigenvalue weighted by Gasteiger charge is 2.22. The summed E-state index contributed by atoms with van der Waals surface area (Å²) >= 11 is 0. The number of carbonyl (C=O) groups excluding carboxylic acids is 2. The van der Waals surface area contributed by atoms with Crippen LogP contribution in [0.15, 0.2) is 170 Å². The summed E-state index contributed by atoms with van der Waals surface area (Å²) in [6.45, 7) is 3.96. The third-order valence-electron chi connectivity index (χ3n) is 12.7. The van der Waals surface area contributed by atoms with Gasteiger partial charge in [-0.2, -0.15) is 0 Å². The third-order valence-corrected chi connectivity index (χ3v) is 13.7. The standard InChI is InChI=1S/C72H116NO8P/c1-6-8-10-12-14-16-18-20-22-24-26-28-30-32-33-34-35-36-37-38-39-41-43-45-47-49-51-53-55-57-59-61-63-65-72(75)81-70(69-80-82(76,77)79-67-66-73(3,4)5)68-78-71(74)64-62-60-58-56-54-52-50-48-46-44-42-40-31-29-27-25-23-21-19-17-15-13-11-9-7-2/h8-11,14-17,20-23,26-29,32-33,35-36,38-40,42-43,45,49,51,70H,6-7,12-13,18-19,24-25,30-31,34,37,41,44,46-48,50,52-69H2,1-5H3/b10-8-,11-9-,16-14-,17-15-,22-20-,23-21-,28-26-,29-27-,33-32-,36-35-,39-38-,42-40-,45-43-,51-49-. The first-order valence-electron chi connectivity index (χ1n) is 31.8. The van der Waals surface area contributed by atoms with Gasteiger partial charge in [-0.15, -0.1) is 0 Å². The molecule has 0 fully saturated rings. The highest BCUT2D eigenvalue weighted by atomic mass is 31.2. The van der Waals surface area contributed by atoms with E-state index in [1.165, 1.54) is 32.1 Å². The van der Waals surface area contributed by atoms with Crippen LogP contribution < -0.4 is 4.89 Å². The van der Waals surface area contributed by atoms with Crippen LogP contribution in [-0.2, 0) is 32.7 Å². The number of carbonyl (C=O) groups is 2. The zero-order chi connectivity index (χ0) is 59.8. The Kier molecular flexibility index (Phi) is 57.5. The predicted octanol–water partition coefficient (Wildman–Crippen LogP) is 20.0. The van der Waals surface area contributed by atoms with Crippen molar-refractivity contribution in [2.24, 2.45) is 0 Å². The van der Waals surface area contributed by atoms with Crippen molar-refractivity contribution < 1.29 is 42.1 Å². The molecule has 0 aliphatic rings. The van der Waals surface area contributed by atoms with Gasteiger partial charge in [0.05, 0.1) is 27.7 Å². The number of hydrogen-bond acceptors (Lipinski definition) is 8. The Morgan fingerprint density at radius 3 is 0.976 bits per heavy atom. The van der Waals surface area contributed by atoms with Crippen LogP contribution in [0.3, 0.4) is 0 Å². The van der Waals surface area contributed by atoms with Gasteiger partial charge in [-0.25, -0.2) is 0 Å². The Labute approximate surface area is 502 Å². The number of esters is 2. The second-order valence-electron chi connectivity index (χ2n) is 21.7. The molecule has 0 rings (SSSR count). The highest BCUT2D eigenvalue weighted by molar-refractivity contribution is 7.45. The number of allylic oxidation sites excluding steroid dienone is 28. The molecule has 462 valence electrons. The van der Waals surface area contributed by atoms with Crippen LogP contribution in [0.5, 0.6) is 0 Å². The summed E-state index contributed by atoms with van der Waals surface area (Å²) in [5, 5.41) is 0. The number of hydrogen-bond donors (Lipinski definition) is 0. The molecule has 0 bridgehead atoms. The quantitative estimate of drug-likeness (QED) is 0.0195. The van der Waals surface area contributed by atoms with E-state index >= 15 is 0 Å². The molecule has 0 aromatic heterocycles. The second kappa shape index (κ2) is 60.9. The topological polar surface area (TPSA) is 111 Å². The maximum Gasteiger partial charge on any atom is 0.306 e. The van der Waals surface area contributed by atoms with Gasteiger partial charge < -0.3 is 27.9 Å². The van der Waals surface area contributed by atoms with E-state index in [2.05, 4.69) is 184 Å². The molecule has 0 amide bonds. The van der Waals surface area contributed by atoms with Gasteiger partial charge >= 0.3 is 11.9 Å². The van der Waals surface area contributed by atoms with E-state index in [4.69, 9.17) is 18.5 Å². The van der Waals surface area contributed by atoms with E-state index in [-0.39, 0.29) is 26.1 Å². The molecular weight excluding hydrogens is 1040 g/mol. The average molecular weight is 1150 g/mol. The minimum Gasteiger partial charge on any atom is -0.756 e. The minimum atomic E-state index is -4.66. The molecule has 0 aliphatic heterocycles. The molecule has 0 saturated carbocycles. The maximum absolute atomic E-state index is 12.8. The monoisotopic (exact) mass is 1150 g/mol. The molecular formula is C72H116NO8P. The summed E-state index contributed by atoms with van der Waals surface area (Å²) in [7, 11) is 1.12. The summed E-state index contributed by atoms with van der Waals surface area (Å²) in [6.07, 6.45) is 92.6. The minimum absolute atomic E-state index is 0.0461. The van der Waals surface area contributed by atoms with Gasteiger partial charge in [0.1, 0.15) is 19.8 Å². The largest absolute Gasteiger partial charge is 0.756 e. The Bertz CT molecular complexity index is 1990. The predicted molar refractivity (Wildman–Crippen MR) is 350 cm³/mol. The Hall–Kier alpha value is -4.63. The molecule has 0 saturated heterocycles. The summed E-state index contributed by atoms with van der Waals surface area (Å²) in [6, 6.07) is 0. The van der Waals surface area contributed by atoms with Crippen LogP contribution >= 0.6 is 7.82 Å². The molecule has 0 N–H and O–H groups in total. The van der Waals surface area contributed by atoms with Crippen LogP contribution in [0.1, 0.15) is 219 Å². The molecule has 0 aromatic rings. The second-order valence-corrected chi connectivity index (χ2v) is 23.1. The normalized spacial score (nSPS) is 14.4. The van der Waals surface area contributed by atoms with E-state index in [9.17, 15) is 19.0 Å².